The summed E-state index contributed by atoms with van der Waals surface area (Å²) in [6.45, 7) is 0. The van der Waals surface area contributed by atoms with Crippen LogP contribution in [-0.4, -0.2) is 14.8 Å². The lowest BCUT2D eigenvalue weighted by atomic mass is 10.1. The van der Waals surface area contributed by atoms with Gasteiger partial charge in [-0.3, -0.25) is 4.57 Å². The summed E-state index contributed by atoms with van der Waals surface area (Å²) >= 11 is 0. The first-order chi connectivity index (χ1) is 7.36. The fourth-order valence-electron chi connectivity index (χ4n) is 2.22. The lowest BCUT2D eigenvalue weighted by Gasteiger charge is -2.11. The third kappa shape index (κ3) is 1.21. The third-order valence-electron chi connectivity index (χ3n) is 2.91. The van der Waals surface area contributed by atoms with Gasteiger partial charge in [0.2, 0.25) is 0 Å². The van der Waals surface area contributed by atoms with Crippen molar-refractivity contribution in [3.8, 4) is 0 Å². The molecule has 2 heterocycles. The summed E-state index contributed by atoms with van der Waals surface area (Å²) in [5, 5.41) is 6.49. The molecule has 1 aromatic carbocycles. The third-order valence-corrected chi connectivity index (χ3v) is 2.91. The maximum atomic E-state index is 11.5. The van der Waals surface area contributed by atoms with Crippen molar-refractivity contribution in [2.45, 2.75) is 18.9 Å². The van der Waals surface area contributed by atoms with E-state index in [1.807, 2.05) is 18.2 Å². The maximum absolute atomic E-state index is 11.5. The second-order valence-electron chi connectivity index (χ2n) is 3.78. The Morgan fingerprint density at radius 2 is 2.13 bits per heavy atom. The van der Waals surface area contributed by atoms with E-state index in [1.165, 1.54) is 5.56 Å². The molecule has 1 aliphatic rings. The molecule has 0 aliphatic carbocycles. The van der Waals surface area contributed by atoms with Gasteiger partial charge in [0.05, 0.1) is 6.04 Å². The van der Waals surface area contributed by atoms with Crippen LogP contribution in [0.25, 0.3) is 0 Å². The molecule has 0 radical (unpaired) electrons. The first kappa shape index (κ1) is 8.47. The number of rotatable bonds is 1. The van der Waals surface area contributed by atoms with E-state index in [4.69, 9.17) is 0 Å². The van der Waals surface area contributed by atoms with E-state index >= 15 is 0 Å². The standard InChI is InChI=1S/C11H11N3O/c15-11-13-12-10-7-6-9(14(10)11)8-4-2-1-3-5-8/h1-5,9H,6-7H2,(H,13,15)/t9-/m1/s1. The summed E-state index contributed by atoms with van der Waals surface area (Å²) in [5.74, 6) is 0.869. The second kappa shape index (κ2) is 3.08. The average Bonchev–Trinajstić information content (AvgIpc) is 2.84. The van der Waals surface area contributed by atoms with Crippen molar-refractivity contribution in [2.24, 2.45) is 0 Å². The molecule has 0 saturated heterocycles. The Hall–Kier alpha value is -1.84. The topological polar surface area (TPSA) is 50.7 Å². The molecule has 3 rings (SSSR count). The zero-order valence-electron chi connectivity index (χ0n) is 8.18. The molecule has 4 heteroatoms. The molecule has 0 bridgehead atoms. The van der Waals surface area contributed by atoms with Crippen LogP contribution in [0.3, 0.4) is 0 Å². The van der Waals surface area contributed by atoms with Crippen LogP contribution in [-0.2, 0) is 6.42 Å². The van der Waals surface area contributed by atoms with Gasteiger partial charge in [0, 0.05) is 6.42 Å². The van der Waals surface area contributed by atoms with Crippen LogP contribution in [0.15, 0.2) is 35.1 Å². The quantitative estimate of drug-likeness (QED) is 0.751. The van der Waals surface area contributed by atoms with Crippen LogP contribution in [0.2, 0.25) is 0 Å². The van der Waals surface area contributed by atoms with E-state index < -0.39 is 0 Å². The number of aromatic amines is 1. The maximum Gasteiger partial charge on any atom is 0.343 e. The molecule has 0 unspecified atom stereocenters. The molecule has 0 amide bonds. The minimum atomic E-state index is -0.101. The van der Waals surface area contributed by atoms with E-state index in [2.05, 4.69) is 22.3 Å². The Morgan fingerprint density at radius 3 is 2.93 bits per heavy atom. The van der Waals surface area contributed by atoms with Gasteiger partial charge in [-0.2, -0.15) is 5.10 Å². The molecular weight excluding hydrogens is 190 g/mol. The summed E-state index contributed by atoms with van der Waals surface area (Å²) in [4.78, 5) is 11.5. The Labute approximate surface area is 86.6 Å². The Kier molecular flexibility index (Phi) is 1.74. The highest BCUT2D eigenvalue weighted by Gasteiger charge is 2.26. The number of hydrogen-bond donors (Lipinski definition) is 1. The molecule has 1 N–H and O–H groups in total. The number of hydrogen-bond acceptors (Lipinski definition) is 2. The first-order valence-corrected chi connectivity index (χ1v) is 5.07. The lowest BCUT2D eigenvalue weighted by molar-refractivity contribution is 0.598. The van der Waals surface area contributed by atoms with Crippen LogP contribution >= 0.6 is 0 Å². The van der Waals surface area contributed by atoms with Gasteiger partial charge in [0.1, 0.15) is 5.82 Å². The van der Waals surface area contributed by atoms with Gasteiger partial charge >= 0.3 is 5.69 Å². The summed E-state index contributed by atoms with van der Waals surface area (Å²) in [5.41, 5.74) is 1.08. The van der Waals surface area contributed by atoms with Crippen molar-refractivity contribution >= 4 is 0 Å². The minimum Gasteiger partial charge on any atom is -0.271 e. The summed E-state index contributed by atoms with van der Waals surface area (Å²) in [6, 6.07) is 10.2. The predicted octanol–water partition coefficient (Wildman–Crippen LogP) is 1.11. The number of nitrogens with zero attached hydrogens (tertiary/aromatic N) is 2. The molecule has 4 nitrogen and oxygen atoms in total. The number of fused-ring (bicyclic) bond motifs is 1. The molecule has 1 aliphatic heterocycles. The van der Waals surface area contributed by atoms with Crippen LogP contribution in [0, 0.1) is 0 Å². The number of benzene rings is 1. The fourth-order valence-corrected chi connectivity index (χ4v) is 2.22. The normalized spacial score (nSPS) is 19.1. The molecular formula is C11H11N3O. The minimum absolute atomic E-state index is 0.101. The monoisotopic (exact) mass is 201 g/mol. The van der Waals surface area contributed by atoms with Gasteiger partial charge in [-0.1, -0.05) is 30.3 Å². The Morgan fingerprint density at radius 1 is 1.33 bits per heavy atom. The molecule has 76 valence electrons. The van der Waals surface area contributed by atoms with E-state index in [9.17, 15) is 4.79 Å². The number of nitrogens with one attached hydrogen (secondary N) is 1. The van der Waals surface area contributed by atoms with Gasteiger partial charge in [-0.15, -0.1) is 0 Å². The highest BCUT2D eigenvalue weighted by molar-refractivity contribution is 5.22. The summed E-state index contributed by atoms with van der Waals surface area (Å²) in [6.07, 6.45) is 1.84. The zero-order valence-corrected chi connectivity index (χ0v) is 8.18. The van der Waals surface area contributed by atoms with Crippen LogP contribution < -0.4 is 5.69 Å². The Balaban J connectivity index is 2.11. The van der Waals surface area contributed by atoms with E-state index in [1.54, 1.807) is 4.57 Å². The highest BCUT2D eigenvalue weighted by atomic mass is 16.1. The van der Waals surface area contributed by atoms with Crippen LogP contribution in [0.4, 0.5) is 0 Å². The van der Waals surface area contributed by atoms with Crippen LogP contribution in [0.5, 0.6) is 0 Å². The van der Waals surface area contributed by atoms with Gasteiger partial charge in [-0.05, 0) is 12.0 Å². The van der Waals surface area contributed by atoms with E-state index in [-0.39, 0.29) is 11.7 Å². The molecule has 15 heavy (non-hydrogen) atoms. The van der Waals surface area contributed by atoms with Gasteiger partial charge in [-0.25, -0.2) is 9.89 Å². The molecule has 0 fully saturated rings. The van der Waals surface area contributed by atoms with E-state index in [0.717, 1.165) is 18.7 Å². The largest absolute Gasteiger partial charge is 0.343 e. The van der Waals surface area contributed by atoms with Crippen molar-refractivity contribution in [1.29, 1.82) is 0 Å². The van der Waals surface area contributed by atoms with Crippen LogP contribution in [0.1, 0.15) is 23.9 Å². The summed E-state index contributed by atoms with van der Waals surface area (Å²) < 4.78 is 1.76. The van der Waals surface area contributed by atoms with Gasteiger partial charge in [0.15, 0.2) is 0 Å². The fraction of sp³-hybridized carbons (Fsp3) is 0.273. The predicted molar refractivity (Wildman–Crippen MR) is 55.7 cm³/mol. The van der Waals surface area contributed by atoms with Crippen molar-refractivity contribution in [1.82, 2.24) is 14.8 Å². The van der Waals surface area contributed by atoms with Crippen molar-refractivity contribution in [2.75, 3.05) is 0 Å². The van der Waals surface area contributed by atoms with Gasteiger partial charge < -0.3 is 0 Å². The second-order valence-corrected chi connectivity index (χ2v) is 3.78. The molecule has 0 saturated carbocycles. The lowest BCUT2D eigenvalue weighted by Crippen LogP contribution is -2.20. The highest BCUT2D eigenvalue weighted by Crippen LogP contribution is 2.28. The first-order valence-electron chi connectivity index (χ1n) is 5.07. The average molecular weight is 201 g/mol. The smallest absolute Gasteiger partial charge is 0.271 e. The number of H-pyrrole nitrogens is 1. The zero-order chi connectivity index (χ0) is 10.3. The van der Waals surface area contributed by atoms with Crippen molar-refractivity contribution < 1.29 is 0 Å². The summed E-state index contributed by atoms with van der Waals surface area (Å²) in [7, 11) is 0. The number of aromatic nitrogens is 3. The Bertz CT molecular complexity index is 526. The molecule has 0 spiro atoms. The molecule has 2 aromatic rings. The van der Waals surface area contributed by atoms with Gasteiger partial charge in [0.25, 0.3) is 0 Å². The molecule has 1 aromatic heterocycles. The van der Waals surface area contributed by atoms with Crippen molar-refractivity contribution in [3.63, 3.8) is 0 Å². The van der Waals surface area contributed by atoms with Crippen molar-refractivity contribution in [3.05, 3.63) is 52.2 Å². The SMILES string of the molecule is O=c1[nH]nc2n1[C@@H](c1ccccc1)CC2. The van der Waals surface area contributed by atoms with E-state index in [0.29, 0.717) is 0 Å². The number of aryl methyl sites for hydroxylation is 1. The molecule has 1 atom stereocenters.